The molecule has 0 amide bonds. The first-order chi connectivity index (χ1) is 13.7. The Morgan fingerprint density at radius 3 is 2.31 bits per heavy atom. The van der Waals surface area contributed by atoms with E-state index in [0.29, 0.717) is 5.56 Å². The van der Waals surface area contributed by atoms with Gasteiger partial charge in [-0.05, 0) is 47.5 Å². The van der Waals surface area contributed by atoms with Crippen molar-refractivity contribution >= 4 is 5.97 Å². The molecule has 0 heterocycles. The van der Waals surface area contributed by atoms with Crippen LogP contribution in [0, 0.1) is 5.82 Å². The van der Waals surface area contributed by atoms with Crippen LogP contribution in [0.5, 0.6) is 11.5 Å². The van der Waals surface area contributed by atoms with Crippen molar-refractivity contribution in [1.82, 2.24) is 0 Å². The van der Waals surface area contributed by atoms with Gasteiger partial charge in [0.2, 0.25) is 0 Å². The fourth-order valence-corrected chi connectivity index (χ4v) is 2.78. The molecule has 0 aliphatic heterocycles. The van der Waals surface area contributed by atoms with Crippen molar-refractivity contribution in [2.75, 3.05) is 0 Å². The molecule has 0 aliphatic rings. The van der Waals surface area contributed by atoms with E-state index >= 15 is 0 Å². The summed E-state index contributed by atoms with van der Waals surface area (Å²) in [4.78, 5) is 10.9. The maximum atomic E-state index is 14.0. The Morgan fingerprint density at radius 1 is 0.966 bits per heavy atom. The van der Waals surface area contributed by atoms with Crippen molar-refractivity contribution in [3.8, 4) is 22.6 Å². The Balaban J connectivity index is 1.89. The zero-order valence-electron chi connectivity index (χ0n) is 14.7. The van der Waals surface area contributed by atoms with Gasteiger partial charge in [0, 0.05) is 5.56 Å². The molecule has 0 aliphatic carbocycles. The minimum absolute atomic E-state index is 0.112. The van der Waals surface area contributed by atoms with Crippen molar-refractivity contribution in [2.45, 2.75) is 12.8 Å². The summed E-state index contributed by atoms with van der Waals surface area (Å²) < 4.78 is 59.9. The Kier molecular flexibility index (Phi) is 5.45. The smallest absolute Gasteiger partial charge is 0.417 e. The van der Waals surface area contributed by atoms with E-state index in [9.17, 15) is 27.5 Å². The van der Waals surface area contributed by atoms with Crippen LogP contribution in [0.1, 0.15) is 21.5 Å². The molecule has 8 heteroatoms. The lowest BCUT2D eigenvalue weighted by atomic mass is 9.98. The third kappa shape index (κ3) is 4.48. The summed E-state index contributed by atoms with van der Waals surface area (Å²) in [7, 11) is 0. The highest BCUT2D eigenvalue weighted by atomic mass is 19.4. The van der Waals surface area contributed by atoms with E-state index < -0.39 is 29.3 Å². The van der Waals surface area contributed by atoms with Gasteiger partial charge in [-0.1, -0.05) is 24.3 Å². The predicted octanol–water partition coefficient (Wildman–Crippen LogP) is 5.49. The van der Waals surface area contributed by atoms with Crippen LogP contribution >= 0.6 is 0 Å². The van der Waals surface area contributed by atoms with Gasteiger partial charge in [0.25, 0.3) is 0 Å². The van der Waals surface area contributed by atoms with Gasteiger partial charge >= 0.3 is 12.1 Å². The number of benzene rings is 3. The molecule has 0 bridgehead atoms. The number of carboxylic acid groups (broad SMARTS) is 1. The lowest BCUT2D eigenvalue weighted by Gasteiger charge is -2.16. The molecule has 0 atom stereocenters. The lowest BCUT2D eigenvalue weighted by molar-refractivity contribution is -0.137. The Labute approximate surface area is 162 Å². The third-order valence-corrected chi connectivity index (χ3v) is 4.16. The number of phenols is 1. The molecule has 29 heavy (non-hydrogen) atoms. The van der Waals surface area contributed by atoms with Crippen molar-refractivity contribution in [1.29, 1.82) is 0 Å². The van der Waals surface area contributed by atoms with Crippen LogP contribution < -0.4 is 4.74 Å². The average Bonchev–Trinajstić information content (AvgIpc) is 2.66. The largest absolute Gasteiger partial charge is 0.507 e. The molecule has 3 aromatic rings. The van der Waals surface area contributed by atoms with E-state index in [1.165, 1.54) is 36.4 Å². The summed E-state index contributed by atoms with van der Waals surface area (Å²) in [5.41, 5.74) is -1.49. The number of carboxylic acids is 1. The summed E-state index contributed by atoms with van der Waals surface area (Å²) in [5.74, 6) is -2.68. The van der Waals surface area contributed by atoms with Crippen molar-refractivity contribution < 1.29 is 37.3 Å². The molecule has 0 spiro atoms. The normalized spacial score (nSPS) is 11.3. The summed E-state index contributed by atoms with van der Waals surface area (Å²) in [6.45, 7) is -0.205. The van der Waals surface area contributed by atoms with Gasteiger partial charge in [-0.25, -0.2) is 9.18 Å². The van der Waals surface area contributed by atoms with Gasteiger partial charge in [0.15, 0.2) is 0 Å². The lowest BCUT2D eigenvalue weighted by Crippen LogP contribution is -2.08. The van der Waals surface area contributed by atoms with Gasteiger partial charge in [0.05, 0.1) is 5.56 Å². The molecule has 4 nitrogen and oxygen atoms in total. The number of aromatic carboxylic acids is 1. The molecule has 0 aromatic heterocycles. The van der Waals surface area contributed by atoms with Crippen molar-refractivity contribution in [3.63, 3.8) is 0 Å². The number of alkyl halides is 3. The number of carbonyl (C=O) groups is 1. The van der Waals surface area contributed by atoms with E-state index in [-0.39, 0.29) is 29.0 Å². The van der Waals surface area contributed by atoms with Crippen LogP contribution in [0.15, 0.2) is 60.7 Å². The molecule has 0 unspecified atom stereocenters. The van der Waals surface area contributed by atoms with E-state index in [2.05, 4.69) is 0 Å². The topological polar surface area (TPSA) is 66.8 Å². The number of hydrogen-bond donors (Lipinski definition) is 2. The highest BCUT2D eigenvalue weighted by Crippen LogP contribution is 2.40. The summed E-state index contributed by atoms with van der Waals surface area (Å²) in [5, 5.41) is 18.6. The summed E-state index contributed by atoms with van der Waals surface area (Å²) >= 11 is 0. The average molecular weight is 406 g/mol. The first-order valence-electron chi connectivity index (χ1n) is 8.31. The van der Waals surface area contributed by atoms with E-state index in [1.54, 1.807) is 0 Å². The first-order valence-corrected chi connectivity index (χ1v) is 8.31. The van der Waals surface area contributed by atoms with Gasteiger partial charge in [0.1, 0.15) is 29.5 Å². The third-order valence-electron chi connectivity index (χ3n) is 4.16. The Hall–Kier alpha value is -3.55. The SMILES string of the molecule is O=C(O)c1ccc(COc2ccc(-c3ccccc3F)c(C(F)(F)F)c2)cc1O. The molecular formula is C21H14F4O4. The monoisotopic (exact) mass is 406 g/mol. The second-order valence-corrected chi connectivity index (χ2v) is 6.13. The second kappa shape index (κ2) is 7.83. The Bertz CT molecular complexity index is 1060. The first kappa shape index (κ1) is 20.2. The number of rotatable bonds is 5. The molecule has 0 fully saturated rings. The minimum atomic E-state index is -4.74. The van der Waals surface area contributed by atoms with Crippen LogP contribution in [0.2, 0.25) is 0 Å². The summed E-state index contributed by atoms with van der Waals surface area (Å²) in [6, 6.07) is 12.0. The minimum Gasteiger partial charge on any atom is -0.507 e. The number of halogens is 4. The standard InChI is InChI=1S/C21H14F4O4/c22-18-4-2-1-3-15(18)14-8-6-13(10-17(14)21(23,24)25)29-11-12-5-7-16(20(27)28)19(26)9-12/h1-10,26H,11H2,(H,27,28). The van der Waals surface area contributed by atoms with Crippen molar-refractivity contribution in [2.24, 2.45) is 0 Å². The quantitative estimate of drug-likeness (QED) is 0.550. The molecule has 2 N–H and O–H groups in total. The van der Waals surface area contributed by atoms with Crippen LogP contribution in [0.4, 0.5) is 17.6 Å². The number of aromatic hydroxyl groups is 1. The second-order valence-electron chi connectivity index (χ2n) is 6.13. The van der Waals surface area contributed by atoms with Gasteiger partial charge < -0.3 is 14.9 Å². The molecule has 150 valence electrons. The van der Waals surface area contributed by atoms with E-state index in [0.717, 1.165) is 24.3 Å². The van der Waals surface area contributed by atoms with Crippen LogP contribution in [-0.2, 0) is 12.8 Å². The van der Waals surface area contributed by atoms with E-state index in [4.69, 9.17) is 9.84 Å². The highest BCUT2D eigenvalue weighted by molar-refractivity contribution is 5.90. The molecule has 0 saturated carbocycles. The summed E-state index contributed by atoms with van der Waals surface area (Å²) in [6.07, 6.45) is -4.74. The molecule has 3 rings (SSSR count). The van der Waals surface area contributed by atoms with Crippen LogP contribution in [0.3, 0.4) is 0 Å². The molecule has 0 radical (unpaired) electrons. The van der Waals surface area contributed by atoms with Crippen molar-refractivity contribution in [3.05, 3.63) is 83.2 Å². The fraction of sp³-hybridized carbons (Fsp3) is 0.0952. The zero-order valence-corrected chi connectivity index (χ0v) is 14.7. The number of hydrogen-bond acceptors (Lipinski definition) is 3. The van der Waals surface area contributed by atoms with E-state index in [1.807, 2.05) is 0 Å². The van der Waals surface area contributed by atoms with Crippen LogP contribution in [0.25, 0.3) is 11.1 Å². The predicted molar refractivity (Wildman–Crippen MR) is 96.2 cm³/mol. The maximum absolute atomic E-state index is 14.0. The molecular weight excluding hydrogens is 392 g/mol. The Morgan fingerprint density at radius 2 is 1.69 bits per heavy atom. The fourth-order valence-electron chi connectivity index (χ4n) is 2.78. The highest BCUT2D eigenvalue weighted by Gasteiger charge is 2.34. The van der Waals surface area contributed by atoms with Gasteiger partial charge in [-0.15, -0.1) is 0 Å². The van der Waals surface area contributed by atoms with Gasteiger partial charge in [-0.2, -0.15) is 13.2 Å². The molecule has 3 aromatic carbocycles. The molecule has 0 saturated heterocycles. The number of ether oxygens (including phenoxy) is 1. The van der Waals surface area contributed by atoms with Crippen LogP contribution in [-0.4, -0.2) is 16.2 Å². The zero-order chi connectivity index (χ0) is 21.2. The van der Waals surface area contributed by atoms with Gasteiger partial charge in [-0.3, -0.25) is 0 Å². The maximum Gasteiger partial charge on any atom is 0.417 e.